The van der Waals surface area contributed by atoms with Crippen molar-refractivity contribution in [3.63, 3.8) is 0 Å². The number of nitrogens with zero attached hydrogens (tertiary/aromatic N) is 1. The van der Waals surface area contributed by atoms with Crippen LogP contribution in [-0.2, 0) is 14.4 Å². The second-order valence-electron chi connectivity index (χ2n) is 5.79. The molecule has 1 aliphatic rings. The van der Waals surface area contributed by atoms with Crippen molar-refractivity contribution in [2.75, 3.05) is 25.0 Å². The number of hydrogen-bond acceptors (Lipinski definition) is 4. The summed E-state index contributed by atoms with van der Waals surface area (Å²) in [5, 5.41) is 11.6. The lowest BCUT2D eigenvalue weighted by Crippen LogP contribution is -2.39. The zero-order valence-corrected chi connectivity index (χ0v) is 13.7. The zero-order valence-electron chi connectivity index (χ0n) is 13.7. The number of anilines is 1. The molecule has 7 heteroatoms. The Morgan fingerprint density at radius 3 is 2.71 bits per heavy atom. The summed E-state index contributed by atoms with van der Waals surface area (Å²) < 4.78 is 5.44. The van der Waals surface area contributed by atoms with Gasteiger partial charge >= 0.3 is 5.97 Å². The fraction of sp³-hybridized carbons (Fsp3) is 0.471. The molecular formula is C17H22N2O5. The number of carboxylic acid groups (broad SMARTS) is 1. The van der Waals surface area contributed by atoms with Crippen molar-refractivity contribution in [2.24, 2.45) is 5.92 Å². The van der Waals surface area contributed by atoms with E-state index < -0.39 is 5.97 Å². The van der Waals surface area contributed by atoms with Crippen molar-refractivity contribution in [1.82, 2.24) is 4.90 Å². The Morgan fingerprint density at radius 2 is 2.08 bits per heavy atom. The van der Waals surface area contributed by atoms with Crippen LogP contribution in [0.1, 0.15) is 26.2 Å². The second-order valence-corrected chi connectivity index (χ2v) is 5.79. The fourth-order valence-electron chi connectivity index (χ4n) is 2.21. The summed E-state index contributed by atoms with van der Waals surface area (Å²) in [5.74, 6) is -0.884. The molecule has 2 N–H and O–H groups in total. The monoisotopic (exact) mass is 334 g/mol. The van der Waals surface area contributed by atoms with Crippen LogP contribution in [0.5, 0.6) is 5.75 Å². The van der Waals surface area contributed by atoms with Gasteiger partial charge in [-0.2, -0.15) is 0 Å². The van der Waals surface area contributed by atoms with E-state index in [2.05, 4.69) is 5.32 Å². The predicted molar refractivity (Wildman–Crippen MR) is 87.8 cm³/mol. The molecule has 7 nitrogen and oxygen atoms in total. The zero-order chi connectivity index (χ0) is 17.5. The van der Waals surface area contributed by atoms with Crippen molar-refractivity contribution >= 4 is 23.5 Å². The van der Waals surface area contributed by atoms with Crippen LogP contribution in [0.3, 0.4) is 0 Å². The predicted octanol–water partition coefficient (Wildman–Crippen LogP) is 1.74. The fourth-order valence-corrected chi connectivity index (χ4v) is 2.21. The normalized spacial score (nSPS) is 13.2. The number of ether oxygens (including phenoxy) is 1. The number of benzene rings is 1. The third-order valence-corrected chi connectivity index (χ3v) is 3.58. The highest BCUT2D eigenvalue weighted by Crippen LogP contribution is 2.30. The van der Waals surface area contributed by atoms with E-state index >= 15 is 0 Å². The molecule has 130 valence electrons. The molecule has 0 unspecified atom stereocenters. The first-order valence-corrected chi connectivity index (χ1v) is 8.03. The van der Waals surface area contributed by atoms with Crippen molar-refractivity contribution in [3.05, 3.63) is 24.3 Å². The third kappa shape index (κ3) is 5.57. The lowest BCUT2D eigenvalue weighted by atomic mass is 10.3. The van der Waals surface area contributed by atoms with Gasteiger partial charge < -0.3 is 20.1 Å². The van der Waals surface area contributed by atoms with Crippen molar-refractivity contribution < 1.29 is 24.2 Å². The van der Waals surface area contributed by atoms with Gasteiger partial charge in [-0.05, 0) is 31.4 Å². The van der Waals surface area contributed by atoms with Gasteiger partial charge in [0.05, 0.1) is 0 Å². The van der Waals surface area contributed by atoms with E-state index in [4.69, 9.17) is 9.84 Å². The molecule has 1 aromatic carbocycles. The summed E-state index contributed by atoms with van der Waals surface area (Å²) in [6, 6.07) is 6.81. The summed E-state index contributed by atoms with van der Waals surface area (Å²) >= 11 is 0. The van der Waals surface area contributed by atoms with E-state index in [-0.39, 0.29) is 30.9 Å². The minimum Gasteiger partial charge on any atom is -0.484 e. The number of hydrogen-bond donors (Lipinski definition) is 2. The van der Waals surface area contributed by atoms with Gasteiger partial charge in [-0.1, -0.05) is 13.0 Å². The van der Waals surface area contributed by atoms with E-state index in [0.29, 0.717) is 24.4 Å². The van der Waals surface area contributed by atoms with E-state index in [1.54, 1.807) is 24.3 Å². The Bertz CT molecular complexity index is 613. The van der Waals surface area contributed by atoms with Gasteiger partial charge in [-0.3, -0.25) is 14.4 Å². The molecule has 2 rings (SSSR count). The van der Waals surface area contributed by atoms with Crippen LogP contribution in [0.15, 0.2) is 24.3 Å². The molecule has 2 amide bonds. The van der Waals surface area contributed by atoms with Gasteiger partial charge in [0.1, 0.15) is 12.3 Å². The molecule has 0 saturated heterocycles. The molecule has 0 radical (unpaired) electrons. The Hall–Kier alpha value is -2.57. The summed E-state index contributed by atoms with van der Waals surface area (Å²) in [5.41, 5.74) is 0.618. The van der Waals surface area contributed by atoms with Crippen LogP contribution in [0.4, 0.5) is 5.69 Å². The first kappa shape index (κ1) is 17.8. The molecule has 0 spiro atoms. The molecule has 0 aliphatic heterocycles. The molecule has 0 bridgehead atoms. The van der Waals surface area contributed by atoms with Gasteiger partial charge in [0.25, 0.3) is 5.91 Å². The quantitative estimate of drug-likeness (QED) is 0.717. The average molecular weight is 334 g/mol. The summed E-state index contributed by atoms with van der Waals surface area (Å²) in [6.45, 7) is 1.65. The van der Waals surface area contributed by atoms with Gasteiger partial charge in [0, 0.05) is 24.2 Å². The Morgan fingerprint density at radius 1 is 1.33 bits per heavy atom. The number of nitrogens with one attached hydrogen (secondary N) is 1. The van der Waals surface area contributed by atoms with Crippen LogP contribution in [0.25, 0.3) is 0 Å². The summed E-state index contributed by atoms with van der Waals surface area (Å²) in [4.78, 5) is 35.9. The molecule has 1 fully saturated rings. The maximum Gasteiger partial charge on any atom is 0.323 e. The van der Waals surface area contributed by atoms with Crippen molar-refractivity contribution in [3.8, 4) is 5.75 Å². The van der Waals surface area contributed by atoms with Gasteiger partial charge in [-0.15, -0.1) is 0 Å². The first-order chi connectivity index (χ1) is 11.5. The largest absolute Gasteiger partial charge is 0.484 e. The van der Waals surface area contributed by atoms with Gasteiger partial charge in [-0.25, -0.2) is 0 Å². The minimum atomic E-state index is -1.05. The molecule has 1 aromatic rings. The average Bonchev–Trinajstić information content (AvgIpc) is 3.37. The third-order valence-electron chi connectivity index (χ3n) is 3.58. The van der Waals surface area contributed by atoms with Crippen LogP contribution in [-0.4, -0.2) is 47.5 Å². The molecule has 0 heterocycles. The van der Waals surface area contributed by atoms with E-state index in [9.17, 15) is 14.4 Å². The van der Waals surface area contributed by atoms with E-state index in [1.165, 1.54) is 4.90 Å². The maximum absolute atomic E-state index is 12.1. The topological polar surface area (TPSA) is 95.9 Å². The van der Waals surface area contributed by atoms with Crippen LogP contribution < -0.4 is 10.1 Å². The number of aliphatic carboxylic acids is 1. The number of carbonyl (C=O) groups excluding carboxylic acids is 2. The van der Waals surface area contributed by atoms with Gasteiger partial charge in [0.2, 0.25) is 5.91 Å². The molecule has 0 aromatic heterocycles. The van der Waals surface area contributed by atoms with Crippen molar-refractivity contribution in [1.29, 1.82) is 0 Å². The van der Waals surface area contributed by atoms with Crippen LogP contribution >= 0.6 is 0 Å². The Kier molecular flexibility index (Phi) is 6.17. The number of rotatable bonds is 9. The second kappa shape index (κ2) is 8.33. The summed E-state index contributed by atoms with van der Waals surface area (Å²) in [7, 11) is 0. The van der Waals surface area contributed by atoms with Gasteiger partial charge in [0.15, 0.2) is 6.61 Å². The number of amides is 2. The lowest BCUT2D eigenvalue weighted by Gasteiger charge is -2.20. The smallest absolute Gasteiger partial charge is 0.323 e. The molecular weight excluding hydrogens is 312 g/mol. The minimum absolute atomic E-state index is 0.00111. The number of carbonyl (C=O) groups is 3. The Labute approximate surface area is 140 Å². The standard InChI is InChI=1S/C17H22N2O5/c1-2-8-19(10-16(21)22)15(20)11-24-14-5-3-4-13(9-14)18-17(23)12-6-7-12/h3-5,9,12H,2,6-8,10-11H2,1H3,(H,18,23)(H,21,22). The maximum atomic E-state index is 12.1. The first-order valence-electron chi connectivity index (χ1n) is 8.03. The van der Waals surface area contributed by atoms with Crippen LogP contribution in [0, 0.1) is 5.92 Å². The highest BCUT2D eigenvalue weighted by Gasteiger charge is 2.29. The number of carboxylic acids is 1. The van der Waals surface area contributed by atoms with E-state index in [1.807, 2.05) is 6.92 Å². The molecule has 1 saturated carbocycles. The SMILES string of the molecule is CCCN(CC(=O)O)C(=O)COc1cccc(NC(=O)C2CC2)c1. The molecule has 24 heavy (non-hydrogen) atoms. The van der Waals surface area contributed by atoms with E-state index in [0.717, 1.165) is 12.8 Å². The molecule has 0 atom stereocenters. The summed E-state index contributed by atoms with van der Waals surface area (Å²) in [6.07, 6.45) is 2.52. The Balaban J connectivity index is 1.89. The van der Waals surface area contributed by atoms with Crippen molar-refractivity contribution in [2.45, 2.75) is 26.2 Å². The lowest BCUT2D eigenvalue weighted by molar-refractivity contribution is -0.145. The van der Waals surface area contributed by atoms with Crippen LogP contribution in [0.2, 0.25) is 0 Å². The molecule has 1 aliphatic carbocycles. The highest BCUT2D eigenvalue weighted by molar-refractivity contribution is 5.94. The highest BCUT2D eigenvalue weighted by atomic mass is 16.5.